The number of hydrogen-bond donors (Lipinski definition) is 1. The second kappa shape index (κ2) is 8.47. The average Bonchev–Trinajstić information content (AvgIpc) is 3.06. The number of carbonyl (C=O) groups is 1. The molecule has 2 nitrogen and oxygen atoms in total. The molecule has 7 unspecified atom stereocenters. The van der Waals surface area contributed by atoms with Crippen LogP contribution in [0.4, 0.5) is 0 Å². The first kappa shape index (κ1) is 23.3. The zero-order chi connectivity index (χ0) is 22.6. The van der Waals surface area contributed by atoms with Gasteiger partial charge in [-0.2, -0.15) is 0 Å². The van der Waals surface area contributed by atoms with Gasteiger partial charge in [-0.15, -0.1) is 0 Å². The maximum absolute atomic E-state index is 13.4. The Morgan fingerprint density at radius 3 is 2.52 bits per heavy atom. The minimum absolute atomic E-state index is 0.0269. The first-order valence-corrected chi connectivity index (χ1v) is 13.3. The predicted molar refractivity (Wildman–Crippen MR) is 129 cm³/mol. The Morgan fingerprint density at radius 1 is 1.10 bits per heavy atom. The molecule has 2 fully saturated rings. The van der Waals surface area contributed by atoms with Crippen LogP contribution in [0.3, 0.4) is 0 Å². The number of rotatable bonds is 6. The number of hydrogen-bond acceptors (Lipinski definition) is 2. The third-order valence-electron chi connectivity index (χ3n) is 10.5. The molecular weight excluding hydrogens is 380 g/mol. The lowest BCUT2D eigenvalue weighted by Gasteiger charge is -2.51. The van der Waals surface area contributed by atoms with Crippen molar-refractivity contribution in [1.29, 1.82) is 0 Å². The van der Waals surface area contributed by atoms with E-state index in [4.69, 9.17) is 0 Å². The van der Waals surface area contributed by atoms with Gasteiger partial charge in [0.25, 0.3) is 0 Å². The van der Waals surface area contributed by atoms with E-state index in [0.29, 0.717) is 12.3 Å². The van der Waals surface area contributed by atoms with E-state index < -0.39 is 0 Å². The summed E-state index contributed by atoms with van der Waals surface area (Å²) in [5.41, 5.74) is 4.19. The lowest BCUT2D eigenvalue weighted by Crippen LogP contribution is -2.44. The van der Waals surface area contributed by atoms with Gasteiger partial charge < -0.3 is 5.11 Å². The zero-order valence-electron chi connectivity index (χ0n) is 21.0. The average molecular weight is 427 g/mol. The van der Waals surface area contributed by atoms with E-state index >= 15 is 0 Å². The first-order valence-electron chi connectivity index (χ1n) is 13.3. The molecule has 174 valence electrons. The van der Waals surface area contributed by atoms with Crippen LogP contribution >= 0.6 is 0 Å². The van der Waals surface area contributed by atoms with Crippen molar-refractivity contribution < 1.29 is 9.90 Å². The maximum Gasteiger partial charge on any atom is 0.182 e. The van der Waals surface area contributed by atoms with E-state index in [0.717, 1.165) is 42.9 Å². The quantitative estimate of drug-likeness (QED) is 0.485. The van der Waals surface area contributed by atoms with Gasteiger partial charge in [0.2, 0.25) is 0 Å². The number of aliphatic hydroxyl groups excluding tert-OH is 1. The van der Waals surface area contributed by atoms with E-state index in [1.54, 1.807) is 0 Å². The minimum Gasteiger partial charge on any atom is -0.393 e. The van der Waals surface area contributed by atoms with Crippen molar-refractivity contribution in [3.05, 3.63) is 22.8 Å². The third kappa shape index (κ3) is 3.79. The molecule has 31 heavy (non-hydrogen) atoms. The number of carbonyl (C=O) groups excluding carboxylic acids is 1. The van der Waals surface area contributed by atoms with Crippen molar-refractivity contribution in [2.24, 2.45) is 40.4 Å². The Balaban J connectivity index is 1.56. The Labute approximate surface area is 191 Å². The Hall–Kier alpha value is -0.890. The van der Waals surface area contributed by atoms with Crippen LogP contribution in [0.2, 0.25) is 0 Å². The minimum atomic E-state index is -0.266. The smallest absolute Gasteiger partial charge is 0.182 e. The van der Waals surface area contributed by atoms with Gasteiger partial charge in [0.05, 0.1) is 6.10 Å². The van der Waals surface area contributed by atoms with Crippen LogP contribution in [-0.4, -0.2) is 17.0 Å². The molecule has 4 aliphatic carbocycles. The summed E-state index contributed by atoms with van der Waals surface area (Å²) in [6.45, 7) is 14.5. The van der Waals surface area contributed by atoms with Gasteiger partial charge in [0.15, 0.2) is 5.78 Å². The molecule has 0 bridgehead atoms. The van der Waals surface area contributed by atoms with E-state index in [-0.39, 0.29) is 22.7 Å². The SMILES string of the molecule is CCC(CCC(C)C1CCC2C3=C(CCC21C)C1(C)CCC(O)CC1=CC3=O)C(C)C. The highest BCUT2D eigenvalue weighted by atomic mass is 16.3. The van der Waals surface area contributed by atoms with E-state index in [2.05, 4.69) is 41.5 Å². The van der Waals surface area contributed by atoms with Crippen LogP contribution in [-0.2, 0) is 4.79 Å². The summed E-state index contributed by atoms with van der Waals surface area (Å²) >= 11 is 0. The monoisotopic (exact) mass is 426 g/mol. The molecule has 0 amide bonds. The van der Waals surface area contributed by atoms with E-state index in [1.807, 2.05) is 6.08 Å². The highest BCUT2D eigenvalue weighted by Crippen LogP contribution is 2.64. The fraction of sp³-hybridized carbons (Fsp3) is 0.828. The van der Waals surface area contributed by atoms with Crippen molar-refractivity contribution in [3.8, 4) is 0 Å². The Kier molecular flexibility index (Phi) is 6.36. The van der Waals surface area contributed by atoms with Crippen molar-refractivity contribution in [1.82, 2.24) is 0 Å². The third-order valence-corrected chi connectivity index (χ3v) is 10.5. The summed E-state index contributed by atoms with van der Waals surface area (Å²) in [5, 5.41) is 10.2. The zero-order valence-corrected chi connectivity index (χ0v) is 21.0. The topological polar surface area (TPSA) is 37.3 Å². The standard InChI is InChI=1S/C29H46O2/c1-7-20(18(2)3)9-8-19(4)23-10-11-24-27-25(13-15-29(23,24)6)28(5)14-12-22(30)16-21(28)17-26(27)31/h17-20,22-24,30H,7-16H2,1-6H3. The molecule has 7 atom stereocenters. The molecule has 0 aromatic carbocycles. The molecule has 0 saturated heterocycles. The molecule has 0 heterocycles. The first-order chi connectivity index (χ1) is 14.6. The van der Waals surface area contributed by atoms with Crippen LogP contribution < -0.4 is 0 Å². The second-order valence-electron chi connectivity index (χ2n) is 12.4. The van der Waals surface area contributed by atoms with E-state index in [9.17, 15) is 9.90 Å². The lowest BCUT2D eigenvalue weighted by atomic mass is 9.53. The molecular formula is C29H46O2. The Bertz CT molecular complexity index is 774. The molecule has 0 spiro atoms. The van der Waals surface area contributed by atoms with Crippen LogP contribution in [0.25, 0.3) is 0 Å². The van der Waals surface area contributed by atoms with Crippen LogP contribution in [0.15, 0.2) is 22.8 Å². The lowest BCUT2D eigenvalue weighted by molar-refractivity contribution is -0.113. The van der Waals surface area contributed by atoms with Crippen LogP contribution in [0.5, 0.6) is 0 Å². The predicted octanol–water partition coefficient (Wildman–Crippen LogP) is 7.27. The van der Waals surface area contributed by atoms with E-state index in [1.165, 1.54) is 55.2 Å². The van der Waals surface area contributed by atoms with Gasteiger partial charge in [-0.25, -0.2) is 0 Å². The van der Waals surface area contributed by atoms with Crippen molar-refractivity contribution in [2.45, 2.75) is 112 Å². The maximum atomic E-state index is 13.4. The van der Waals surface area contributed by atoms with Crippen molar-refractivity contribution in [3.63, 3.8) is 0 Å². The van der Waals surface area contributed by atoms with Gasteiger partial charge >= 0.3 is 0 Å². The van der Waals surface area contributed by atoms with Gasteiger partial charge in [-0.3, -0.25) is 4.79 Å². The molecule has 1 N–H and O–H groups in total. The summed E-state index contributed by atoms with van der Waals surface area (Å²) < 4.78 is 0. The summed E-state index contributed by atoms with van der Waals surface area (Å²) in [6, 6.07) is 0. The van der Waals surface area contributed by atoms with Gasteiger partial charge in [0, 0.05) is 11.0 Å². The Morgan fingerprint density at radius 2 is 1.84 bits per heavy atom. The van der Waals surface area contributed by atoms with Gasteiger partial charge in [-0.05, 0) is 92.4 Å². The van der Waals surface area contributed by atoms with Crippen LogP contribution in [0, 0.1) is 40.4 Å². The highest BCUT2D eigenvalue weighted by Gasteiger charge is 2.56. The summed E-state index contributed by atoms with van der Waals surface area (Å²) in [4.78, 5) is 13.4. The molecule has 0 aromatic rings. The molecule has 2 saturated carbocycles. The number of ketones is 1. The molecule has 4 rings (SSSR count). The summed E-state index contributed by atoms with van der Waals surface area (Å²) in [7, 11) is 0. The van der Waals surface area contributed by atoms with Crippen molar-refractivity contribution >= 4 is 5.78 Å². The normalized spacial score (nSPS) is 39.7. The number of allylic oxidation sites excluding steroid dienone is 3. The molecule has 0 aromatic heterocycles. The number of fused-ring (bicyclic) bond motifs is 4. The van der Waals surface area contributed by atoms with Crippen molar-refractivity contribution in [2.75, 3.05) is 0 Å². The molecule has 0 aliphatic heterocycles. The van der Waals surface area contributed by atoms with Crippen LogP contribution in [0.1, 0.15) is 106 Å². The van der Waals surface area contributed by atoms with Gasteiger partial charge in [0.1, 0.15) is 0 Å². The fourth-order valence-electron chi connectivity index (χ4n) is 8.35. The molecule has 0 radical (unpaired) electrons. The summed E-state index contributed by atoms with van der Waals surface area (Å²) in [6.07, 6.45) is 13.0. The highest BCUT2D eigenvalue weighted by molar-refractivity contribution is 6.07. The van der Waals surface area contributed by atoms with Gasteiger partial charge in [-0.1, -0.05) is 65.5 Å². The number of aliphatic hydroxyl groups is 1. The summed E-state index contributed by atoms with van der Waals surface area (Å²) in [5.74, 6) is 3.85. The largest absolute Gasteiger partial charge is 0.393 e. The second-order valence-corrected chi connectivity index (χ2v) is 12.4. The fourth-order valence-corrected chi connectivity index (χ4v) is 8.35. The molecule has 4 aliphatic rings. The molecule has 2 heteroatoms.